The summed E-state index contributed by atoms with van der Waals surface area (Å²) >= 11 is 0. The normalized spacial score (nSPS) is 20.7. The molecule has 1 aliphatic rings. The smallest absolute Gasteiger partial charge is 0.185 e. The van der Waals surface area contributed by atoms with Crippen molar-refractivity contribution in [1.29, 1.82) is 0 Å². The molecule has 0 fully saturated rings. The average molecular weight is 278 g/mol. The Morgan fingerprint density at radius 2 is 1.95 bits per heavy atom. The summed E-state index contributed by atoms with van der Waals surface area (Å²) in [6, 6.07) is 9.41. The maximum atomic E-state index is 12.2. The van der Waals surface area contributed by atoms with E-state index in [1.807, 2.05) is 30.3 Å². The van der Waals surface area contributed by atoms with Gasteiger partial charge in [-0.2, -0.15) is 0 Å². The van der Waals surface area contributed by atoms with Crippen LogP contribution in [0, 0.1) is 5.41 Å². The van der Waals surface area contributed by atoms with E-state index in [1.54, 1.807) is 6.08 Å². The first-order chi connectivity index (χ1) is 10.1. The molecule has 0 spiro atoms. The SMILES string of the molecule is CC(C)=CCC1(C=CC(=O)c2ccccc2)C=CC=CC1. The molecule has 2 rings (SSSR count). The van der Waals surface area contributed by atoms with Gasteiger partial charge in [0.25, 0.3) is 0 Å². The molecule has 1 heteroatoms. The highest BCUT2D eigenvalue weighted by molar-refractivity contribution is 6.04. The molecule has 108 valence electrons. The summed E-state index contributed by atoms with van der Waals surface area (Å²) in [5, 5.41) is 0. The van der Waals surface area contributed by atoms with E-state index in [0.717, 1.165) is 18.4 Å². The summed E-state index contributed by atoms with van der Waals surface area (Å²) in [7, 11) is 0. The van der Waals surface area contributed by atoms with E-state index in [4.69, 9.17) is 0 Å². The lowest BCUT2D eigenvalue weighted by Crippen LogP contribution is -2.15. The molecule has 1 aliphatic carbocycles. The fourth-order valence-corrected chi connectivity index (χ4v) is 2.36. The molecule has 1 aromatic rings. The van der Waals surface area contributed by atoms with Gasteiger partial charge in [-0.05, 0) is 32.8 Å². The summed E-state index contributed by atoms with van der Waals surface area (Å²) in [6.45, 7) is 4.21. The molecule has 0 bridgehead atoms. The molecule has 1 aromatic carbocycles. The topological polar surface area (TPSA) is 17.1 Å². The Labute approximate surface area is 127 Å². The first kappa shape index (κ1) is 15.2. The lowest BCUT2D eigenvalue weighted by Gasteiger charge is -2.26. The maximum absolute atomic E-state index is 12.2. The van der Waals surface area contributed by atoms with Gasteiger partial charge < -0.3 is 0 Å². The molecule has 1 atom stereocenters. The number of allylic oxidation sites excluding steroid dienone is 8. The fourth-order valence-electron chi connectivity index (χ4n) is 2.36. The second-order valence-corrected chi connectivity index (χ2v) is 5.77. The number of rotatable bonds is 5. The summed E-state index contributed by atoms with van der Waals surface area (Å²) < 4.78 is 0. The highest BCUT2D eigenvalue weighted by atomic mass is 16.1. The average Bonchev–Trinajstić information content (AvgIpc) is 2.53. The van der Waals surface area contributed by atoms with Crippen molar-refractivity contribution in [3.63, 3.8) is 0 Å². The second-order valence-electron chi connectivity index (χ2n) is 5.77. The van der Waals surface area contributed by atoms with Gasteiger partial charge in [0.15, 0.2) is 5.78 Å². The van der Waals surface area contributed by atoms with Gasteiger partial charge in [-0.15, -0.1) is 0 Å². The summed E-state index contributed by atoms with van der Waals surface area (Å²) in [4.78, 5) is 12.2. The minimum absolute atomic E-state index is 0.0649. The van der Waals surface area contributed by atoms with Crippen molar-refractivity contribution in [1.82, 2.24) is 0 Å². The van der Waals surface area contributed by atoms with Crippen LogP contribution in [0.25, 0.3) is 0 Å². The number of carbonyl (C=O) groups excluding carboxylic acids is 1. The molecule has 0 N–H and O–H groups in total. The Morgan fingerprint density at radius 3 is 2.57 bits per heavy atom. The van der Waals surface area contributed by atoms with Crippen molar-refractivity contribution >= 4 is 5.78 Å². The van der Waals surface area contributed by atoms with Gasteiger partial charge in [0, 0.05) is 11.0 Å². The minimum Gasteiger partial charge on any atom is -0.289 e. The van der Waals surface area contributed by atoms with Crippen LogP contribution < -0.4 is 0 Å². The second kappa shape index (κ2) is 7.03. The van der Waals surface area contributed by atoms with Crippen molar-refractivity contribution in [2.24, 2.45) is 5.41 Å². The monoisotopic (exact) mass is 278 g/mol. The molecular weight excluding hydrogens is 256 g/mol. The lowest BCUT2D eigenvalue weighted by molar-refractivity contribution is 0.104. The summed E-state index contributed by atoms with van der Waals surface area (Å²) in [5.41, 5.74) is 1.97. The quantitative estimate of drug-likeness (QED) is 0.406. The Kier molecular flexibility index (Phi) is 5.10. The number of hydrogen-bond donors (Lipinski definition) is 0. The van der Waals surface area contributed by atoms with Crippen LogP contribution in [0.2, 0.25) is 0 Å². The molecule has 0 saturated heterocycles. The van der Waals surface area contributed by atoms with E-state index >= 15 is 0 Å². The van der Waals surface area contributed by atoms with E-state index in [1.165, 1.54) is 5.57 Å². The number of carbonyl (C=O) groups is 1. The van der Waals surface area contributed by atoms with Gasteiger partial charge in [-0.3, -0.25) is 4.79 Å². The van der Waals surface area contributed by atoms with Crippen LogP contribution in [0.4, 0.5) is 0 Å². The molecule has 0 saturated carbocycles. The van der Waals surface area contributed by atoms with E-state index in [2.05, 4.69) is 50.3 Å². The zero-order valence-corrected chi connectivity index (χ0v) is 12.8. The van der Waals surface area contributed by atoms with Crippen LogP contribution in [0.5, 0.6) is 0 Å². The maximum Gasteiger partial charge on any atom is 0.185 e. The van der Waals surface area contributed by atoms with Gasteiger partial charge in [0.2, 0.25) is 0 Å². The van der Waals surface area contributed by atoms with Gasteiger partial charge in [-0.25, -0.2) is 0 Å². The van der Waals surface area contributed by atoms with Crippen LogP contribution in [-0.2, 0) is 0 Å². The molecule has 0 amide bonds. The van der Waals surface area contributed by atoms with Crippen molar-refractivity contribution in [2.75, 3.05) is 0 Å². The standard InChI is InChI=1S/C20H22O/c1-17(2)11-15-20(13-7-4-8-14-20)16-12-19(21)18-9-5-3-6-10-18/h3-13,16H,14-15H2,1-2H3. The number of hydrogen-bond acceptors (Lipinski definition) is 1. The molecule has 21 heavy (non-hydrogen) atoms. The van der Waals surface area contributed by atoms with Crippen LogP contribution in [0.1, 0.15) is 37.0 Å². The largest absolute Gasteiger partial charge is 0.289 e. The van der Waals surface area contributed by atoms with Gasteiger partial charge in [0.05, 0.1) is 0 Å². The van der Waals surface area contributed by atoms with Crippen molar-refractivity contribution < 1.29 is 4.79 Å². The van der Waals surface area contributed by atoms with Crippen molar-refractivity contribution in [2.45, 2.75) is 26.7 Å². The third kappa shape index (κ3) is 4.42. The van der Waals surface area contributed by atoms with E-state index in [0.29, 0.717) is 0 Å². The van der Waals surface area contributed by atoms with E-state index in [9.17, 15) is 4.79 Å². The summed E-state index contributed by atoms with van der Waals surface area (Å²) in [5.74, 6) is 0.0649. The molecule has 0 aromatic heterocycles. The van der Waals surface area contributed by atoms with Crippen LogP contribution in [0.3, 0.4) is 0 Å². The molecule has 0 radical (unpaired) electrons. The van der Waals surface area contributed by atoms with E-state index < -0.39 is 0 Å². The third-order valence-electron chi connectivity index (χ3n) is 3.69. The van der Waals surface area contributed by atoms with Crippen LogP contribution in [0.15, 0.2) is 78.4 Å². The van der Waals surface area contributed by atoms with Gasteiger partial charge in [-0.1, -0.05) is 72.4 Å². The number of benzene rings is 1. The predicted molar refractivity (Wildman–Crippen MR) is 89.3 cm³/mol. The Morgan fingerprint density at radius 1 is 1.19 bits per heavy atom. The Hall–Kier alpha value is -2.15. The molecule has 0 heterocycles. The zero-order chi connectivity index (χ0) is 15.1. The minimum atomic E-state index is -0.0730. The predicted octanol–water partition coefficient (Wildman–Crippen LogP) is 5.28. The van der Waals surface area contributed by atoms with Gasteiger partial charge >= 0.3 is 0 Å². The Bertz CT molecular complexity index is 598. The molecule has 0 aliphatic heterocycles. The van der Waals surface area contributed by atoms with Crippen molar-refractivity contribution in [3.8, 4) is 0 Å². The van der Waals surface area contributed by atoms with Crippen LogP contribution >= 0.6 is 0 Å². The fraction of sp³-hybridized carbons (Fsp3) is 0.250. The van der Waals surface area contributed by atoms with E-state index in [-0.39, 0.29) is 11.2 Å². The van der Waals surface area contributed by atoms with Crippen LogP contribution in [-0.4, -0.2) is 5.78 Å². The summed E-state index contributed by atoms with van der Waals surface area (Å²) in [6.07, 6.45) is 16.4. The zero-order valence-electron chi connectivity index (χ0n) is 12.8. The molecule has 1 unspecified atom stereocenters. The third-order valence-corrected chi connectivity index (χ3v) is 3.69. The first-order valence-electron chi connectivity index (χ1n) is 7.38. The molecule has 1 nitrogen and oxygen atoms in total. The highest BCUT2D eigenvalue weighted by Gasteiger charge is 2.23. The van der Waals surface area contributed by atoms with Crippen molar-refractivity contribution in [3.05, 3.63) is 84.0 Å². The first-order valence-corrected chi connectivity index (χ1v) is 7.38. The number of ketones is 1. The lowest BCUT2D eigenvalue weighted by atomic mass is 9.77. The Balaban J connectivity index is 2.17. The molecular formula is C20H22O. The van der Waals surface area contributed by atoms with Gasteiger partial charge in [0.1, 0.15) is 0 Å². The highest BCUT2D eigenvalue weighted by Crippen LogP contribution is 2.34.